The van der Waals surface area contributed by atoms with Crippen LogP contribution in [0.15, 0.2) is 18.3 Å². The van der Waals surface area contributed by atoms with Gasteiger partial charge >= 0.3 is 6.03 Å². The van der Waals surface area contributed by atoms with Crippen LogP contribution in [-0.4, -0.2) is 42.1 Å². The van der Waals surface area contributed by atoms with Crippen LogP contribution in [0, 0.1) is 0 Å². The minimum Gasteiger partial charge on any atom is -0.357 e. The molecule has 3 rings (SSSR count). The van der Waals surface area contributed by atoms with Gasteiger partial charge in [0.05, 0.1) is 11.9 Å². The van der Waals surface area contributed by atoms with E-state index in [2.05, 4.69) is 15.2 Å². The van der Waals surface area contributed by atoms with Crippen molar-refractivity contribution in [2.75, 3.05) is 36.4 Å². The second-order valence-corrected chi connectivity index (χ2v) is 5.93. The molecule has 21 heavy (non-hydrogen) atoms. The number of nitrogens with zero attached hydrogens (tertiary/aromatic N) is 3. The summed E-state index contributed by atoms with van der Waals surface area (Å²) in [6.45, 7) is 3.91. The van der Waals surface area contributed by atoms with Crippen molar-refractivity contribution in [1.82, 2.24) is 9.88 Å². The quantitative estimate of drug-likeness (QED) is 0.909. The van der Waals surface area contributed by atoms with Crippen molar-refractivity contribution >= 4 is 17.5 Å². The van der Waals surface area contributed by atoms with Gasteiger partial charge in [-0.2, -0.15) is 0 Å². The molecule has 0 spiro atoms. The van der Waals surface area contributed by atoms with Crippen LogP contribution in [0.2, 0.25) is 0 Å². The second-order valence-electron chi connectivity index (χ2n) is 5.93. The first-order chi connectivity index (χ1) is 10.3. The standard InChI is InChI=1S/C16H24N4O/c21-16(20-11-5-2-6-12-20)18-14-7-8-15(17-13-14)19-9-3-1-4-10-19/h7-8,13H,1-6,9-12H2,(H,18,21). The first-order valence-corrected chi connectivity index (χ1v) is 8.10. The Bertz CT molecular complexity index is 462. The number of aromatic nitrogens is 1. The average Bonchev–Trinajstić information content (AvgIpc) is 2.57. The van der Waals surface area contributed by atoms with Crippen LogP contribution >= 0.6 is 0 Å². The van der Waals surface area contributed by atoms with Crippen molar-refractivity contribution in [1.29, 1.82) is 0 Å². The minimum absolute atomic E-state index is 0.00206. The van der Waals surface area contributed by atoms with Crippen LogP contribution < -0.4 is 10.2 Å². The van der Waals surface area contributed by atoms with Crippen LogP contribution in [0.3, 0.4) is 0 Å². The number of hydrogen-bond donors (Lipinski definition) is 1. The van der Waals surface area contributed by atoms with Gasteiger partial charge in [0.25, 0.3) is 0 Å². The molecule has 5 nitrogen and oxygen atoms in total. The normalized spacial score (nSPS) is 19.4. The highest BCUT2D eigenvalue weighted by molar-refractivity contribution is 5.89. The fourth-order valence-corrected chi connectivity index (χ4v) is 3.07. The summed E-state index contributed by atoms with van der Waals surface area (Å²) < 4.78 is 0. The van der Waals surface area contributed by atoms with E-state index >= 15 is 0 Å². The van der Waals surface area contributed by atoms with Crippen molar-refractivity contribution in [3.8, 4) is 0 Å². The Balaban J connectivity index is 1.57. The summed E-state index contributed by atoms with van der Waals surface area (Å²) in [5.41, 5.74) is 0.784. The summed E-state index contributed by atoms with van der Waals surface area (Å²) in [5, 5.41) is 2.95. The third-order valence-corrected chi connectivity index (χ3v) is 4.32. The van der Waals surface area contributed by atoms with Crippen LogP contribution in [0.4, 0.5) is 16.3 Å². The third-order valence-electron chi connectivity index (χ3n) is 4.32. The molecule has 0 aromatic carbocycles. The smallest absolute Gasteiger partial charge is 0.321 e. The van der Waals surface area contributed by atoms with Crippen molar-refractivity contribution in [2.45, 2.75) is 38.5 Å². The number of likely N-dealkylation sites (tertiary alicyclic amines) is 1. The number of pyridine rings is 1. The molecular weight excluding hydrogens is 264 g/mol. The van der Waals surface area contributed by atoms with Crippen LogP contribution in [-0.2, 0) is 0 Å². The van der Waals surface area contributed by atoms with Gasteiger partial charge in [0.15, 0.2) is 0 Å². The van der Waals surface area contributed by atoms with E-state index in [1.807, 2.05) is 17.0 Å². The molecule has 0 bridgehead atoms. The number of piperidine rings is 2. The fraction of sp³-hybridized carbons (Fsp3) is 0.625. The lowest BCUT2D eigenvalue weighted by atomic mass is 10.1. The van der Waals surface area contributed by atoms with E-state index in [-0.39, 0.29) is 6.03 Å². The molecular formula is C16H24N4O. The van der Waals surface area contributed by atoms with Crippen molar-refractivity contribution in [3.05, 3.63) is 18.3 Å². The number of carbonyl (C=O) groups excluding carboxylic acids is 1. The fourth-order valence-electron chi connectivity index (χ4n) is 3.07. The zero-order valence-electron chi connectivity index (χ0n) is 12.6. The zero-order valence-corrected chi connectivity index (χ0v) is 12.6. The maximum atomic E-state index is 12.1. The van der Waals surface area contributed by atoms with E-state index in [4.69, 9.17) is 0 Å². The highest BCUT2D eigenvalue weighted by Crippen LogP contribution is 2.19. The summed E-state index contributed by atoms with van der Waals surface area (Å²) in [6.07, 6.45) is 9.03. The first-order valence-electron chi connectivity index (χ1n) is 8.10. The topological polar surface area (TPSA) is 48.5 Å². The highest BCUT2D eigenvalue weighted by atomic mass is 16.2. The summed E-state index contributed by atoms with van der Waals surface area (Å²) in [5.74, 6) is 1.02. The third kappa shape index (κ3) is 3.65. The van der Waals surface area contributed by atoms with Gasteiger partial charge in [0.1, 0.15) is 5.82 Å². The molecule has 0 aliphatic carbocycles. The molecule has 2 fully saturated rings. The second kappa shape index (κ2) is 6.78. The van der Waals surface area contributed by atoms with Crippen molar-refractivity contribution < 1.29 is 4.79 Å². The molecule has 3 heterocycles. The molecule has 2 aliphatic rings. The molecule has 5 heteroatoms. The highest BCUT2D eigenvalue weighted by Gasteiger charge is 2.17. The molecule has 0 radical (unpaired) electrons. The average molecular weight is 288 g/mol. The summed E-state index contributed by atoms with van der Waals surface area (Å²) in [6, 6.07) is 3.97. The van der Waals surface area contributed by atoms with Gasteiger partial charge in [-0.1, -0.05) is 0 Å². The minimum atomic E-state index is 0.00206. The molecule has 2 amide bonds. The van der Waals surface area contributed by atoms with E-state index in [0.717, 1.165) is 50.5 Å². The van der Waals surface area contributed by atoms with Gasteiger partial charge in [-0.05, 0) is 50.7 Å². The van der Waals surface area contributed by atoms with E-state index in [0.29, 0.717) is 0 Å². The van der Waals surface area contributed by atoms with E-state index in [1.165, 1.54) is 25.7 Å². The molecule has 2 saturated heterocycles. The summed E-state index contributed by atoms with van der Waals surface area (Å²) in [7, 11) is 0. The Kier molecular flexibility index (Phi) is 4.58. The van der Waals surface area contributed by atoms with Crippen molar-refractivity contribution in [3.63, 3.8) is 0 Å². The summed E-state index contributed by atoms with van der Waals surface area (Å²) in [4.78, 5) is 20.8. The Hall–Kier alpha value is -1.78. The van der Waals surface area contributed by atoms with Gasteiger partial charge in [-0.25, -0.2) is 9.78 Å². The first kappa shape index (κ1) is 14.2. The number of nitrogens with one attached hydrogen (secondary N) is 1. The zero-order chi connectivity index (χ0) is 14.5. The van der Waals surface area contributed by atoms with Crippen LogP contribution in [0.5, 0.6) is 0 Å². The predicted molar refractivity (Wildman–Crippen MR) is 84.7 cm³/mol. The number of urea groups is 1. The summed E-state index contributed by atoms with van der Waals surface area (Å²) >= 11 is 0. The number of hydrogen-bond acceptors (Lipinski definition) is 3. The van der Waals surface area contributed by atoms with E-state index in [9.17, 15) is 4.79 Å². The molecule has 0 atom stereocenters. The molecule has 0 unspecified atom stereocenters. The maximum absolute atomic E-state index is 12.1. The van der Waals surface area contributed by atoms with E-state index < -0.39 is 0 Å². The van der Waals surface area contributed by atoms with Gasteiger partial charge in [-0.15, -0.1) is 0 Å². The number of rotatable bonds is 2. The SMILES string of the molecule is O=C(Nc1ccc(N2CCCCC2)nc1)N1CCCCC1. The Morgan fingerprint density at radius 3 is 2.24 bits per heavy atom. The lowest BCUT2D eigenvalue weighted by Gasteiger charge is -2.28. The van der Waals surface area contributed by atoms with Crippen LogP contribution in [0.1, 0.15) is 38.5 Å². The molecule has 2 aliphatic heterocycles. The monoisotopic (exact) mass is 288 g/mol. The number of amides is 2. The van der Waals surface area contributed by atoms with Gasteiger partial charge in [0, 0.05) is 26.2 Å². The Morgan fingerprint density at radius 2 is 1.62 bits per heavy atom. The lowest BCUT2D eigenvalue weighted by molar-refractivity contribution is 0.200. The predicted octanol–water partition coefficient (Wildman–Crippen LogP) is 3.09. The number of carbonyl (C=O) groups is 1. The Labute approximate surface area is 126 Å². The maximum Gasteiger partial charge on any atom is 0.321 e. The van der Waals surface area contributed by atoms with Gasteiger partial charge in [0.2, 0.25) is 0 Å². The number of anilines is 2. The molecule has 1 aromatic rings. The molecule has 114 valence electrons. The largest absolute Gasteiger partial charge is 0.357 e. The van der Waals surface area contributed by atoms with Crippen molar-refractivity contribution in [2.24, 2.45) is 0 Å². The van der Waals surface area contributed by atoms with Crippen LogP contribution in [0.25, 0.3) is 0 Å². The molecule has 1 aromatic heterocycles. The van der Waals surface area contributed by atoms with E-state index in [1.54, 1.807) is 6.20 Å². The van der Waals surface area contributed by atoms with Gasteiger partial charge in [-0.3, -0.25) is 0 Å². The Morgan fingerprint density at radius 1 is 0.952 bits per heavy atom. The molecule has 1 N–H and O–H groups in total. The lowest BCUT2D eigenvalue weighted by Crippen LogP contribution is -2.38. The molecule has 0 saturated carbocycles. The van der Waals surface area contributed by atoms with Gasteiger partial charge < -0.3 is 15.1 Å².